The number of nitrogens with one attached hydrogen (secondary N) is 1. The van der Waals surface area contributed by atoms with Crippen LogP contribution < -0.4 is 5.32 Å². The van der Waals surface area contributed by atoms with E-state index in [1.807, 2.05) is 12.3 Å². The summed E-state index contributed by atoms with van der Waals surface area (Å²) in [5, 5.41) is 4.97. The summed E-state index contributed by atoms with van der Waals surface area (Å²) in [6.07, 6.45) is 8.79. The van der Waals surface area contributed by atoms with Crippen LogP contribution in [-0.4, -0.2) is 11.5 Å². The van der Waals surface area contributed by atoms with Crippen LogP contribution in [0.1, 0.15) is 50.6 Å². The van der Waals surface area contributed by atoms with Crippen molar-refractivity contribution in [3.63, 3.8) is 0 Å². The van der Waals surface area contributed by atoms with Crippen molar-refractivity contribution in [1.29, 1.82) is 0 Å². The van der Waals surface area contributed by atoms with Crippen molar-refractivity contribution in [3.05, 3.63) is 42.1 Å². The topological polar surface area (TPSA) is 24.9 Å². The molecule has 3 rings (SSSR count). The van der Waals surface area contributed by atoms with E-state index in [-0.39, 0.29) is 0 Å². The number of aromatic nitrogens is 1. The van der Waals surface area contributed by atoms with E-state index in [1.165, 1.54) is 43.1 Å². The number of hydrogen-bond acceptors (Lipinski definition) is 2. The average Bonchev–Trinajstić information content (AvgIpc) is 2.53. The van der Waals surface area contributed by atoms with E-state index < -0.39 is 0 Å². The second-order valence-electron chi connectivity index (χ2n) is 5.89. The fourth-order valence-corrected chi connectivity index (χ4v) is 3.53. The molecule has 1 aromatic heterocycles. The third kappa shape index (κ3) is 2.85. The molecule has 106 valence electrons. The van der Waals surface area contributed by atoms with Crippen molar-refractivity contribution in [3.8, 4) is 0 Å². The van der Waals surface area contributed by atoms with Gasteiger partial charge in [0.2, 0.25) is 0 Å². The molecule has 2 aromatic rings. The first kappa shape index (κ1) is 13.6. The lowest BCUT2D eigenvalue weighted by Crippen LogP contribution is -2.29. The van der Waals surface area contributed by atoms with Gasteiger partial charge in [-0.2, -0.15) is 0 Å². The predicted molar refractivity (Wildman–Crippen MR) is 84.7 cm³/mol. The molecule has 1 unspecified atom stereocenters. The zero-order valence-corrected chi connectivity index (χ0v) is 12.3. The minimum absolute atomic E-state index is 0.505. The van der Waals surface area contributed by atoms with Gasteiger partial charge >= 0.3 is 0 Å². The van der Waals surface area contributed by atoms with Gasteiger partial charge in [0.15, 0.2) is 0 Å². The van der Waals surface area contributed by atoms with E-state index in [9.17, 15) is 0 Å². The standard InChI is InChI=1S/C18H24N2/c1-2-19-18(14-7-4-3-5-8-14)16-10-11-17-15(13-16)9-6-12-20-17/h6,9-14,18-19H,2-5,7-8H2,1H3. The predicted octanol–water partition coefficient (Wildman–Crippen LogP) is 4.47. The molecule has 0 spiro atoms. The van der Waals surface area contributed by atoms with Crippen LogP contribution in [-0.2, 0) is 0 Å². The molecule has 1 aromatic carbocycles. The van der Waals surface area contributed by atoms with Gasteiger partial charge in [0.25, 0.3) is 0 Å². The Balaban J connectivity index is 1.91. The van der Waals surface area contributed by atoms with Crippen LogP contribution in [0.2, 0.25) is 0 Å². The summed E-state index contributed by atoms with van der Waals surface area (Å²) in [5.74, 6) is 0.790. The molecule has 20 heavy (non-hydrogen) atoms. The zero-order chi connectivity index (χ0) is 13.8. The third-order valence-corrected chi connectivity index (χ3v) is 4.53. The van der Waals surface area contributed by atoms with Gasteiger partial charge in [-0.15, -0.1) is 0 Å². The van der Waals surface area contributed by atoms with E-state index in [1.54, 1.807) is 0 Å². The summed E-state index contributed by atoms with van der Waals surface area (Å²) < 4.78 is 0. The van der Waals surface area contributed by atoms with Crippen LogP contribution in [0.4, 0.5) is 0 Å². The van der Waals surface area contributed by atoms with Crippen LogP contribution in [0, 0.1) is 5.92 Å². The Morgan fingerprint density at radius 3 is 2.85 bits per heavy atom. The Bertz CT molecular complexity index is 558. The van der Waals surface area contributed by atoms with Crippen LogP contribution in [0.25, 0.3) is 10.9 Å². The molecule has 1 atom stereocenters. The SMILES string of the molecule is CCNC(c1ccc2ncccc2c1)C1CCCCC1. The Hall–Kier alpha value is -1.41. The number of nitrogens with zero attached hydrogens (tertiary/aromatic N) is 1. The highest BCUT2D eigenvalue weighted by Gasteiger charge is 2.24. The lowest BCUT2D eigenvalue weighted by molar-refractivity contribution is 0.274. The first-order valence-electron chi connectivity index (χ1n) is 7.96. The fraction of sp³-hybridized carbons (Fsp3) is 0.500. The molecule has 0 bridgehead atoms. The van der Waals surface area contributed by atoms with Crippen LogP contribution in [0.3, 0.4) is 0 Å². The fourth-order valence-electron chi connectivity index (χ4n) is 3.53. The molecule has 1 N–H and O–H groups in total. The Labute approximate surface area is 121 Å². The van der Waals surface area contributed by atoms with Crippen molar-refractivity contribution in [1.82, 2.24) is 10.3 Å². The highest BCUT2D eigenvalue weighted by molar-refractivity contribution is 5.79. The summed E-state index contributed by atoms with van der Waals surface area (Å²) >= 11 is 0. The van der Waals surface area contributed by atoms with Gasteiger partial charge in [0.05, 0.1) is 5.52 Å². The number of pyridine rings is 1. The second-order valence-corrected chi connectivity index (χ2v) is 5.89. The van der Waals surface area contributed by atoms with Gasteiger partial charge in [-0.3, -0.25) is 4.98 Å². The van der Waals surface area contributed by atoms with Crippen LogP contribution >= 0.6 is 0 Å². The maximum Gasteiger partial charge on any atom is 0.0702 e. The summed E-state index contributed by atoms with van der Waals surface area (Å²) in [7, 11) is 0. The van der Waals surface area contributed by atoms with Gasteiger partial charge in [-0.1, -0.05) is 38.3 Å². The van der Waals surface area contributed by atoms with Gasteiger partial charge in [0, 0.05) is 17.6 Å². The van der Waals surface area contributed by atoms with Crippen molar-refractivity contribution >= 4 is 10.9 Å². The van der Waals surface area contributed by atoms with E-state index in [4.69, 9.17) is 0 Å². The van der Waals surface area contributed by atoms with Crippen molar-refractivity contribution in [2.24, 2.45) is 5.92 Å². The quantitative estimate of drug-likeness (QED) is 0.885. The summed E-state index contributed by atoms with van der Waals surface area (Å²) in [4.78, 5) is 4.42. The minimum Gasteiger partial charge on any atom is -0.310 e. The van der Waals surface area contributed by atoms with Gasteiger partial charge < -0.3 is 5.32 Å². The zero-order valence-electron chi connectivity index (χ0n) is 12.3. The Kier molecular flexibility index (Phi) is 4.31. The normalized spacial score (nSPS) is 18.2. The molecule has 1 saturated carbocycles. The molecular formula is C18H24N2. The maximum absolute atomic E-state index is 4.42. The van der Waals surface area contributed by atoms with Gasteiger partial charge in [0.1, 0.15) is 0 Å². The first-order chi connectivity index (χ1) is 9.88. The molecule has 0 radical (unpaired) electrons. The van der Waals surface area contributed by atoms with Gasteiger partial charge in [-0.05, 0) is 49.1 Å². The molecule has 2 nitrogen and oxygen atoms in total. The molecule has 1 aliphatic rings. The lowest BCUT2D eigenvalue weighted by atomic mass is 9.81. The summed E-state index contributed by atoms with van der Waals surface area (Å²) in [5.41, 5.74) is 2.52. The number of fused-ring (bicyclic) bond motifs is 1. The number of rotatable bonds is 4. The summed E-state index contributed by atoms with van der Waals surface area (Å²) in [6, 6.07) is 11.4. The molecule has 0 amide bonds. The molecule has 2 heteroatoms. The Morgan fingerprint density at radius 2 is 2.05 bits per heavy atom. The van der Waals surface area contributed by atoms with Gasteiger partial charge in [-0.25, -0.2) is 0 Å². The molecule has 1 aliphatic carbocycles. The van der Waals surface area contributed by atoms with Crippen LogP contribution in [0.5, 0.6) is 0 Å². The van der Waals surface area contributed by atoms with E-state index >= 15 is 0 Å². The minimum atomic E-state index is 0.505. The van der Waals surface area contributed by atoms with Crippen molar-refractivity contribution < 1.29 is 0 Å². The van der Waals surface area contributed by atoms with Crippen molar-refractivity contribution in [2.75, 3.05) is 6.54 Å². The molecule has 1 fully saturated rings. The average molecular weight is 268 g/mol. The highest BCUT2D eigenvalue weighted by Crippen LogP contribution is 2.35. The van der Waals surface area contributed by atoms with Crippen LogP contribution in [0.15, 0.2) is 36.5 Å². The number of hydrogen-bond donors (Lipinski definition) is 1. The smallest absolute Gasteiger partial charge is 0.0702 e. The monoisotopic (exact) mass is 268 g/mol. The highest BCUT2D eigenvalue weighted by atomic mass is 14.9. The maximum atomic E-state index is 4.42. The van der Waals surface area contributed by atoms with E-state index in [0.29, 0.717) is 6.04 Å². The molecule has 1 heterocycles. The van der Waals surface area contributed by atoms with Crippen molar-refractivity contribution in [2.45, 2.75) is 45.1 Å². The van der Waals surface area contributed by atoms with E-state index in [0.717, 1.165) is 18.0 Å². The molecular weight excluding hydrogens is 244 g/mol. The lowest BCUT2D eigenvalue weighted by Gasteiger charge is -2.31. The largest absolute Gasteiger partial charge is 0.310 e. The first-order valence-corrected chi connectivity index (χ1v) is 7.96. The number of benzene rings is 1. The summed E-state index contributed by atoms with van der Waals surface area (Å²) in [6.45, 7) is 3.24. The Morgan fingerprint density at radius 1 is 1.20 bits per heavy atom. The third-order valence-electron chi connectivity index (χ3n) is 4.53. The molecule has 0 aliphatic heterocycles. The second kappa shape index (κ2) is 6.36. The molecule has 0 saturated heterocycles. The van der Waals surface area contributed by atoms with E-state index in [2.05, 4.69) is 41.5 Å².